The molecule has 3 aromatic rings. The molecule has 0 fully saturated rings. The summed E-state index contributed by atoms with van der Waals surface area (Å²) in [6.07, 6.45) is 0. The lowest BCUT2D eigenvalue weighted by Gasteiger charge is -2.10. The molecule has 1 amide bonds. The fourth-order valence-corrected chi connectivity index (χ4v) is 4.29. The molecule has 0 unspecified atom stereocenters. The van der Waals surface area contributed by atoms with Crippen LogP contribution >= 0.6 is 11.8 Å². The lowest BCUT2D eigenvalue weighted by atomic mass is 10.2. The van der Waals surface area contributed by atoms with E-state index in [2.05, 4.69) is 10.0 Å². The Morgan fingerprint density at radius 3 is 1.90 bits per heavy atom. The van der Waals surface area contributed by atoms with Crippen LogP contribution < -0.4 is 10.0 Å². The Balaban J connectivity index is 1.58. The Morgan fingerprint density at radius 2 is 1.31 bits per heavy atom. The van der Waals surface area contributed by atoms with Crippen LogP contribution in [0.5, 0.6) is 0 Å². The van der Waals surface area contributed by atoms with Crippen molar-refractivity contribution in [3.63, 3.8) is 0 Å². The van der Waals surface area contributed by atoms with Gasteiger partial charge in [-0.15, -0.1) is 11.8 Å². The molecule has 0 aromatic heterocycles. The molecule has 0 heterocycles. The van der Waals surface area contributed by atoms with Gasteiger partial charge in [-0.05, 0) is 62.4 Å². The number of hydrogen-bond acceptors (Lipinski definition) is 4. The molecule has 150 valence electrons. The molecule has 0 spiro atoms. The molecular weight excluding hydrogens is 404 g/mol. The first-order valence-corrected chi connectivity index (χ1v) is 11.5. The smallest absolute Gasteiger partial charge is 0.261 e. The molecule has 0 radical (unpaired) electrons. The third kappa shape index (κ3) is 6.10. The summed E-state index contributed by atoms with van der Waals surface area (Å²) in [5, 5.41) is 2.78. The Hall–Kier alpha value is -2.77. The zero-order valence-electron chi connectivity index (χ0n) is 16.2. The molecule has 5 nitrogen and oxygen atoms in total. The van der Waals surface area contributed by atoms with Gasteiger partial charge in [0.05, 0.1) is 10.6 Å². The second kappa shape index (κ2) is 9.15. The van der Waals surface area contributed by atoms with E-state index in [0.717, 1.165) is 10.5 Å². The summed E-state index contributed by atoms with van der Waals surface area (Å²) in [7, 11) is -3.69. The number of thioether (sulfide) groups is 1. The van der Waals surface area contributed by atoms with Gasteiger partial charge in [0.15, 0.2) is 0 Å². The number of aryl methyl sites for hydroxylation is 2. The summed E-state index contributed by atoms with van der Waals surface area (Å²) in [5.74, 6) is 0.127. The molecule has 0 atom stereocenters. The molecular formula is C22H22N2O3S2. The molecule has 29 heavy (non-hydrogen) atoms. The van der Waals surface area contributed by atoms with Crippen LogP contribution in [0.3, 0.4) is 0 Å². The summed E-state index contributed by atoms with van der Waals surface area (Å²) in [5.41, 5.74) is 3.27. The third-order valence-electron chi connectivity index (χ3n) is 4.14. The van der Waals surface area contributed by atoms with Crippen LogP contribution in [-0.4, -0.2) is 20.1 Å². The second-order valence-electron chi connectivity index (χ2n) is 6.65. The number of rotatable bonds is 7. The maximum atomic E-state index is 12.5. The van der Waals surface area contributed by atoms with Gasteiger partial charge in [0.1, 0.15) is 0 Å². The molecule has 7 heteroatoms. The topological polar surface area (TPSA) is 75.3 Å². The fraction of sp³-hybridized carbons (Fsp3) is 0.136. The maximum absolute atomic E-state index is 12.5. The first-order chi connectivity index (χ1) is 13.8. The van der Waals surface area contributed by atoms with E-state index in [1.165, 1.54) is 29.5 Å². The van der Waals surface area contributed by atoms with E-state index in [9.17, 15) is 13.2 Å². The van der Waals surface area contributed by atoms with E-state index in [0.29, 0.717) is 11.4 Å². The summed E-state index contributed by atoms with van der Waals surface area (Å²) in [4.78, 5) is 13.3. The van der Waals surface area contributed by atoms with Crippen molar-refractivity contribution in [2.24, 2.45) is 0 Å². The van der Waals surface area contributed by atoms with Crippen molar-refractivity contribution in [1.29, 1.82) is 0 Å². The molecule has 0 bridgehead atoms. The fourth-order valence-electron chi connectivity index (χ4n) is 2.53. The van der Waals surface area contributed by atoms with Crippen LogP contribution in [0.2, 0.25) is 0 Å². The lowest BCUT2D eigenvalue weighted by molar-refractivity contribution is -0.113. The number of hydrogen-bond donors (Lipinski definition) is 2. The van der Waals surface area contributed by atoms with E-state index in [-0.39, 0.29) is 16.6 Å². The Morgan fingerprint density at radius 1 is 0.793 bits per heavy atom. The normalized spacial score (nSPS) is 11.1. The zero-order valence-corrected chi connectivity index (χ0v) is 17.8. The van der Waals surface area contributed by atoms with E-state index in [1.807, 2.05) is 50.2 Å². The highest BCUT2D eigenvalue weighted by Crippen LogP contribution is 2.21. The molecule has 0 saturated carbocycles. The molecule has 3 aromatic carbocycles. The maximum Gasteiger partial charge on any atom is 0.261 e. The van der Waals surface area contributed by atoms with E-state index < -0.39 is 10.0 Å². The second-order valence-corrected chi connectivity index (χ2v) is 9.38. The summed E-state index contributed by atoms with van der Waals surface area (Å²) in [6.45, 7) is 3.95. The predicted molar refractivity (Wildman–Crippen MR) is 119 cm³/mol. The van der Waals surface area contributed by atoms with E-state index >= 15 is 0 Å². The highest BCUT2D eigenvalue weighted by Gasteiger charge is 2.14. The van der Waals surface area contributed by atoms with Gasteiger partial charge < -0.3 is 5.32 Å². The molecule has 0 saturated heterocycles. The van der Waals surface area contributed by atoms with Crippen LogP contribution in [0.25, 0.3) is 0 Å². The van der Waals surface area contributed by atoms with Gasteiger partial charge in [-0.1, -0.05) is 35.4 Å². The van der Waals surface area contributed by atoms with Crippen molar-refractivity contribution in [2.75, 3.05) is 15.8 Å². The Bertz CT molecular complexity index is 1080. The largest absolute Gasteiger partial charge is 0.325 e. The van der Waals surface area contributed by atoms with E-state index in [4.69, 9.17) is 0 Å². The number of benzene rings is 3. The minimum Gasteiger partial charge on any atom is -0.325 e. The van der Waals surface area contributed by atoms with Crippen molar-refractivity contribution >= 4 is 39.1 Å². The summed E-state index contributed by atoms with van der Waals surface area (Å²) in [6, 6.07) is 21.2. The van der Waals surface area contributed by atoms with Crippen molar-refractivity contribution in [3.8, 4) is 0 Å². The Kier molecular flexibility index (Phi) is 6.61. The minimum atomic E-state index is -3.69. The molecule has 0 aliphatic rings. The molecule has 2 N–H and O–H groups in total. The SMILES string of the molecule is Cc1ccc(NS(=O)(=O)c2ccc(NC(=O)CSc3ccc(C)cc3)cc2)cc1. The first kappa shape index (κ1) is 21.0. The number of anilines is 2. The van der Waals surface area contributed by atoms with Gasteiger partial charge in [0, 0.05) is 16.3 Å². The minimum absolute atomic E-state index is 0.130. The van der Waals surface area contributed by atoms with Crippen LogP contribution in [0.15, 0.2) is 82.6 Å². The van der Waals surface area contributed by atoms with E-state index in [1.54, 1.807) is 24.3 Å². The number of nitrogens with one attached hydrogen (secondary N) is 2. The highest BCUT2D eigenvalue weighted by atomic mass is 32.2. The Labute approximate surface area is 175 Å². The molecule has 0 aliphatic carbocycles. The van der Waals surface area contributed by atoms with Crippen LogP contribution in [-0.2, 0) is 14.8 Å². The van der Waals surface area contributed by atoms with Gasteiger partial charge in [-0.25, -0.2) is 8.42 Å². The van der Waals surface area contributed by atoms with Gasteiger partial charge in [0.25, 0.3) is 10.0 Å². The van der Waals surface area contributed by atoms with Crippen LogP contribution in [0, 0.1) is 13.8 Å². The predicted octanol–water partition coefficient (Wildman–Crippen LogP) is 4.84. The average Bonchev–Trinajstić information content (AvgIpc) is 2.70. The molecule has 3 rings (SSSR count). The van der Waals surface area contributed by atoms with Crippen molar-refractivity contribution in [2.45, 2.75) is 23.6 Å². The standard InChI is InChI=1S/C22H22N2O3S2/c1-16-3-7-19(8-4-16)24-29(26,27)21-13-9-18(10-14-21)23-22(25)15-28-20-11-5-17(2)6-12-20/h3-14,24H,15H2,1-2H3,(H,23,25). The van der Waals surface area contributed by atoms with Gasteiger partial charge >= 0.3 is 0 Å². The first-order valence-electron chi connectivity index (χ1n) is 9.01. The van der Waals surface area contributed by atoms with Crippen molar-refractivity contribution in [3.05, 3.63) is 83.9 Å². The number of amides is 1. The van der Waals surface area contributed by atoms with Gasteiger partial charge in [0.2, 0.25) is 5.91 Å². The zero-order chi connectivity index (χ0) is 20.9. The summed E-state index contributed by atoms with van der Waals surface area (Å²) < 4.78 is 27.5. The van der Waals surface area contributed by atoms with Crippen LogP contribution in [0.4, 0.5) is 11.4 Å². The molecule has 0 aliphatic heterocycles. The van der Waals surface area contributed by atoms with Crippen molar-refractivity contribution < 1.29 is 13.2 Å². The van der Waals surface area contributed by atoms with Gasteiger partial charge in [-0.3, -0.25) is 9.52 Å². The highest BCUT2D eigenvalue weighted by molar-refractivity contribution is 8.00. The third-order valence-corrected chi connectivity index (χ3v) is 6.55. The number of sulfonamides is 1. The quantitative estimate of drug-likeness (QED) is 0.531. The number of carbonyl (C=O) groups excluding carboxylic acids is 1. The lowest BCUT2D eigenvalue weighted by Crippen LogP contribution is -2.15. The number of carbonyl (C=O) groups is 1. The average molecular weight is 427 g/mol. The summed E-state index contributed by atoms with van der Waals surface area (Å²) >= 11 is 1.45. The van der Waals surface area contributed by atoms with Crippen LogP contribution in [0.1, 0.15) is 11.1 Å². The monoisotopic (exact) mass is 426 g/mol. The van der Waals surface area contributed by atoms with Crippen molar-refractivity contribution in [1.82, 2.24) is 0 Å². The van der Waals surface area contributed by atoms with Gasteiger partial charge in [-0.2, -0.15) is 0 Å².